The molecule has 0 atom stereocenters. The second-order valence-electron chi connectivity index (χ2n) is 1.73. The number of rotatable bonds is 3. The van der Waals surface area contributed by atoms with Crippen LogP contribution in [-0.2, 0) is 28.8 Å². The molecule has 0 saturated heterocycles. The molecule has 0 radical (unpaired) electrons. The van der Waals surface area contributed by atoms with Crippen molar-refractivity contribution < 1.29 is 49.2 Å². The first-order valence-corrected chi connectivity index (χ1v) is 5.66. The maximum absolute atomic E-state index is 9.30. The van der Waals surface area contributed by atoms with E-state index in [0.29, 0.717) is 0 Å². The summed E-state index contributed by atoms with van der Waals surface area (Å²) in [5.41, 5.74) is 0. The molecule has 0 unspecified atom stereocenters. The van der Waals surface area contributed by atoms with E-state index in [0.717, 1.165) is 22.0 Å². The molecule has 0 aliphatic carbocycles. The van der Waals surface area contributed by atoms with Crippen LogP contribution in [0.15, 0.2) is 8.80 Å². The Kier molecular flexibility index (Phi) is 18.4. The molecular formula is C6H4N2O10S2. The molecule has 0 aromatic heterocycles. The molecule has 0 spiro atoms. The minimum atomic E-state index is -1.82. The normalized spacial score (nSPS) is 7.00. The minimum Gasteiger partial charge on any atom is -0.473 e. The summed E-state index contributed by atoms with van der Waals surface area (Å²) in [4.78, 5) is 55.0. The van der Waals surface area contributed by atoms with Crippen LogP contribution in [0.4, 0.5) is 0 Å². The van der Waals surface area contributed by atoms with Crippen molar-refractivity contribution in [1.29, 1.82) is 0 Å². The Bertz CT molecular complexity index is 385. The van der Waals surface area contributed by atoms with E-state index in [-0.39, 0.29) is 0 Å². The van der Waals surface area contributed by atoms with Gasteiger partial charge in [0.05, 0.1) is 22.0 Å². The van der Waals surface area contributed by atoms with Gasteiger partial charge in [0.25, 0.3) is 0 Å². The van der Waals surface area contributed by atoms with Gasteiger partial charge in [-0.05, 0) is 0 Å². The highest BCUT2D eigenvalue weighted by Crippen LogP contribution is 2.21. The first-order valence-electron chi connectivity index (χ1n) is 3.60. The summed E-state index contributed by atoms with van der Waals surface area (Å²) in [6.45, 7) is 0. The van der Waals surface area contributed by atoms with Crippen LogP contribution in [0.1, 0.15) is 0 Å². The quantitative estimate of drug-likeness (QED) is 0.125. The molecule has 110 valence electrons. The molecule has 14 heteroatoms. The molecule has 4 N–H and O–H groups in total. The van der Waals surface area contributed by atoms with Gasteiger partial charge in [-0.25, -0.2) is 28.8 Å². The number of carbonyl (C=O) groups excluding carboxylic acids is 2. The second kappa shape index (κ2) is 16.3. The summed E-state index contributed by atoms with van der Waals surface area (Å²) in [5.74, 6) is -7.30. The van der Waals surface area contributed by atoms with Gasteiger partial charge >= 0.3 is 23.9 Å². The van der Waals surface area contributed by atoms with Crippen LogP contribution in [0, 0.1) is 0 Å². The summed E-state index contributed by atoms with van der Waals surface area (Å²) in [5, 5.41) is 29.6. The number of carboxylic acid groups (broad SMARTS) is 4. The van der Waals surface area contributed by atoms with Crippen LogP contribution < -0.4 is 0 Å². The SMILES string of the molecule is O=C(O)C(=O)O.O=C(O)C(=O)O.O=C=NSSN=C=O. The Morgan fingerprint density at radius 1 is 0.650 bits per heavy atom. The van der Waals surface area contributed by atoms with Gasteiger partial charge < -0.3 is 20.4 Å². The van der Waals surface area contributed by atoms with Gasteiger partial charge in [0.1, 0.15) is 0 Å². The van der Waals surface area contributed by atoms with Gasteiger partial charge in [0, 0.05) is 0 Å². The third kappa shape index (κ3) is 29.5. The molecule has 0 heterocycles. The van der Waals surface area contributed by atoms with Crippen molar-refractivity contribution in [2.75, 3.05) is 0 Å². The smallest absolute Gasteiger partial charge is 0.414 e. The average Bonchev–Trinajstić information content (AvgIpc) is 2.36. The van der Waals surface area contributed by atoms with Crippen molar-refractivity contribution in [3.05, 3.63) is 0 Å². The van der Waals surface area contributed by atoms with Crippen molar-refractivity contribution in [2.24, 2.45) is 8.80 Å². The van der Waals surface area contributed by atoms with Gasteiger partial charge in [0.2, 0.25) is 12.2 Å². The Labute approximate surface area is 116 Å². The fourth-order valence-corrected chi connectivity index (χ4v) is 0.574. The van der Waals surface area contributed by atoms with E-state index >= 15 is 0 Å². The summed E-state index contributed by atoms with van der Waals surface area (Å²) < 4.78 is 6.02. The summed E-state index contributed by atoms with van der Waals surface area (Å²) in [6, 6.07) is 0. The lowest BCUT2D eigenvalue weighted by Crippen LogP contribution is -2.09. The van der Waals surface area contributed by atoms with E-state index in [2.05, 4.69) is 8.80 Å². The van der Waals surface area contributed by atoms with Gasteiger partial charge in [0.15, 0.2) is 0 Å². The fraction of sp³-hybridized carbons (Fsp3) is 0. The van der Waals surface area contributed by atoms with Crippen molar-refractivity contribution >= 4 is 58.0 Å². The lowest BCUT2D eigenvalue weighted by atomic mass is 10.7. The lowest BCUT2D eigenvalue weighted by molar-refractivity contribution is -0.159. The van der Waals surface area contributed by atoms with Crippen LogP contribution in [0.3, 0.4) is 0 Å². The molecule has 0 aromatic rings. The molecule has 12 nitrogen and oxygen atoms in total. The number of aliphatic carboxylic acids is 4. The predicted molar refractivity (Wildman–Crippen MR) is 62.0 cm³/mol. The highest BCUT2D eigenvalue weighted by atomic mass is 33.1. The zero-order valence-electron chi connectivity index (χ0n) is 8.95. The van der Waals surface area contributed by atoms with Gasteiger partial charge in [-0.1, -0.05) is 0 Å². The number of nitrogens with zero attached hydrogens (tertiary/aromatic N) is 2. The summed E-state index contributed by atoms with van der Waals surface area (Å²) in [7, 11) is 1.53. The van der Waals surface area contributed by atoms with E-state index in [1.807, 2.05) is 0 Å². The third-order valence-corrected chi connectivity index (χ3v) is 1.56. The van der Waals surface area contributed by atoms with E-state index in [9.17, 15) is 9.59 Å². The van der Waals surface area contributed by atoms with E-state index < -0.39 is 23.9 Å². The lowest BCUT2D eigenvalue weighted by Gasteiger charge is -1.72. The third-order valence-electron chi connectivity index (χ3n) is 0.548. The summed E-state index contributed by atoms with van der Waals surface area (Å²) in [6.07, 6.45) is 2.51. The first-order chi connectivity index (χ1) is 9.20. The maximum Gasteiger partial charge on any atom is 0.414 e. The molecule has 0 fully saturated rings. The zero-order valence-corrected chi connectivity index (χ0v) is 10.6. The van der Waals surface area contributed by atoms with E-state index in [1.165, 1.54) is 12.2 Å². The van der Waals surface area contributed by atoms with Crippen LogP contribution in [0.25, 0.3) is 0 Å². The largest absolute Gasteiger partial charge is 0.473 e. The number of isocyanates is 2. The van der Waals surface area contributed by atoms with Crippen LogP contribution in [-0.4, -0.2) is 56.5 Å². The highest BCUT2D eigenvalue weighted by Gasteiger charge is 2.04. The monoisotopic (exact) mass is 328 g/mol. The predicted octanol–water partition coefficient (Wildman–Crippen LogP) is -0.819. The van der Waals surface area contributed by atoms with Crippen molar-refractivity contribution in [3.8, 4) is 0 Å². The molecule has 0 rings (SSSR count). The Balaban J connectivity index is -0.000000221. The standard InChI is InChI=1S/C2N2O2S2.2C2H2O4/c5-1-3-7-8-4-2-6;2*3-1(4)2(5)6/h;2*(H,3,4)(H,5,6). The maximum atomic E-state index is 9.30. The first kappa shape index (κ1) is 22.5. The van der Waals surface area contributed by atoms with Gasteiger partial charge in [-0.3, -0.25) is 0 Å². The average molecular weight is 328 g/mol. The highest BCUT2D eigenvalue weighted by molar-refractivity contribution is 8.75. The fourth-order valence-electron chi connectivity index (χ4n) is 0.0638. The molecular weight excluding hydrogens is 324 g/mol. The van der Waals surface area contributed by atoms with Crippen LogP contribution in [0.5, 0.6) is 0 Å². The van der Waals surface area contributed by atoms with E-state index in [1.54, 1.807) is 0 Å². The minimum absolute atomic E-state index is 0.767. The number of carboxylic acids is 4. The Morgan fingerprint density at radius 2 is 0.850 bits per heavy atom. The Morgan fingerprint density at radius 3 is 0.950 bits per heavy atom. The van der Waals surface area contributed by atoms with Crippen LogP contribution in [0.2, 0.25) is 0 Å². The molecule has 0 amide bonds. The molecule has 0 aliphatic rings. The molecule has 0 aromatic carbocycles. The van der Waals surface area contributed by atoms with Gasteiger partial charge in [-0.15, -0.1) is 8.80 Å². The Hall–Kier alpha value is -2.66. The number of hydrogen-bond acceptors (Lipinski definition) is 10. The number of hydrogen-bond donors (Lipinski definition) is 4. The van der Waals surface area contributed by atoms with Crippen molar-refractivity contribution in [1.82, 2.24) is 0 Å². The van der Waals surface area contributed by atoms with Crippen LogP contribution >= 0.6 is 22.0 Å². The molecule has 0 aliphatic heterocycles. The number of carbonyl (C=O) groups is 4. The second-order valence-corrected chi connectivity index (χ2v) is 3.29. The molecule has 0 bridgehead atoms. The molecule has 20 heavy (non-hydrogen) atoms. The summed E-state index contributed by atoms with van der Waals surface area (Å²) >= 11 is 0. The zero-order chi connectivity index (χ0) is 16.6. The van der Waals surface area contributed by atoms with E-state index in [4.69, 9.17) is 39.6 Å². The van der Waals surface area contributed by atoms with Crippen molar-refractivity contribution in [3.63, 3.8) is 0 Å². The molecule has 0 saturated carbocycles. The van der Waals surface area contributed by atoms with Gasteiger partial charge in [-0.2, -0.15) is 0 Å². The topological polar surface area (TPSA) is 208 Å². The van der Waals surface area contributed by atoms with Crippen molar-refractivity contribution in [2.45, 2.75) is 0 Å².